The number of nitrogens with zero attached hydrogens (tertiary/aromatic N) is 5. The molecule has 1 saturated heterocycles. The number of ether oxygens (including phenoxy) is 1. The molecule has 1 aromatic carbocycles. The number of anilines is 1. The maximum Gasteiger partial charge on any atom is 0.167 e. The molecule has 148 valence electrons. The molecule has 0 amide bonds. The smallest absolute Gasteiger partial charge is 0.167 e. The van der Waals surface area contributed by atoms with E-state index in [0.29, 0.717) is 12.1 Å². The van der Waals surface area contributed by atoms with Crippen LogP contribution in [0.5, 0.6) is 0 Å². The van der Waals surface area contributed by atoms with Gasteiger partial charge in [0.15, 0.2) is 5.65 Å². The standard InChI is InChI=1S/C22H24N6O/c23-11-19-18-8-9-27(13-16-5-2-1-3-6-16)14-20(18)22-26-25-15-28(22)21(19)24-12-17-7-4-10-29-17/h1-3,5-6,15,17,24H,4,7-10,12-14H2/t17-/m1/s1. The van der Waals surface area contributed by atoms with E-state index in [2.05, 4.69) is 50.7 Å². The predicted molar refractivity (Wildman–Crippen MR) is 109 cm³/mol. The number of rotatable bonds is 5. The molecule has 0 aliphatic carbocycles. The second-order valence-corrected chi connectivity index (χ2v) is 7.78. The lowest BCUT2D eigenvalue weighted by Gasteiger charge is -2.30. The Balaban J connectivity index is 1.47. The molecule has 0 radical (unpaired) electrons. The van der Waals surface area contributed by atoms with Crippen molar-refractivity contribution in [2.75, 3.05) is 25.0 Å². The minimum absolute atomic E-state index is 0.200. The molecule has 0 unspecified atom stereocenters. The molecule has 0 spiro atoms. The monoisotopic (exact) mass is 388 g/mol. The third kappa shape index (κ3) is 3.46. The lowest BCUT2D eigenvalue weighted by Crippen LogP contribution is -2.32. The van der Waals surface area contributed by atoms with Gasteiger partial charge in [-0.15, -0.1) is 10.2 Å². The van der Waals surface area contributed by atoms with Gasteiger partial charge in [0.05, 0.1) is 11.7 Å². The number of hydrogen-bond acceptors (Lipinski definition) is 6. The van der Waals surface area contributed by atoms with Gasteiger partial charge < -0.3 is 10.1 Å². The average Bonchev–Trinajstić information content (AvgIpc) is 3.45. The summed E-state index contributed by atoms with van der Waals surface area (Å²) in [5, 5.41) is 22.0. The van der Waals surface area contributed by atoms with Crippen molar-refractivity contribution >= 4 is 11.5 Å². The molecule has 29 heavy (non-hydrogen) atoms. The van der Waals surface area contributed by atoms with Crippen LogP contribution in [0.2, 0.25) is 0 Å². The normalized spacial score (nSPS) is 19.2. The van der Waals surface area contributed by atoms with E-state index in [9.17, 15) is 5.26 Å². The van der Waals surface area contributed by atoms with E-state index in [1.54, 1.807) is 6.33 Å². The van der Waals surface area contributed by atoms with Crippen molar-refractivity contribution in [2.24, 2.45) is 0 Å². The first-order chi connectivity index (χ1) is 14.3. The molecule has 3 aromatic rings. The van der Waals surface area contributed by atoms with Gasteiger partial charge >= 0.3 is 0 Å². The largest absolute Gasteiger partial charge is 0.376 e. The number of benzene rings is 1. The first-order valence-electron chi connectivity index (χ1n) is 10.2. The zero-order valence-corrected chi connectivity index (χ0v) is 16.3. The van der Waals surface area contributed by atoms with Crippen molar-refractivity contribution in [3.05, 3.63) is 58.9 Å². The summed E-state index contributed by atoms with van der Waals surface area (Å²) in [5.41, 5.74) is 5.07. The van der Waals surface area contributed by atoms with Crippen molar-refractivity contribution in [2.45, 2.75) is 38.5 Å². The van der Waals surface area contributed by atoms with Gasteiger partial charge in [0, 0.05) is 38.3 Å². The second-order valence-electron chi connectivity index (χ2n) is 7.78. The number of pyridine rings is 1. The van der Waals surface area contributed by atoms with E-state index >= 15 is 0 Å². The molecule has 0 bridgehead atoms. The van der Waals surface area contributed by atoms with Crippen LogP contribution >= 0.6 is 0 Å². The van der Waals surface area contributed by atoms with E-state index in [1.165, 1.54) is 5.56 Å². The molecule has 5 rings (SSSR count). The summed E-state index contributed by atoms with van der Waals surface area (Å²) >= 11 is 0. The number of aromatic nitrogens is 3. The van der Waals surface area contributed by atoms with E-state index in [0.717, 1.165) is 68.1 Å². The quantitative estimate of drug-likeness (QED) is 0.724. The van der Waals surface area contributed by atoms with Crippen LogP contribution in [0.4, 0.5) is 5.82 Å². The Morgan fingerprint density at radius 1 is 1.24 bits per heavy atom. The van der Waals surface area contributed by atoms with Crippen LogP contribution in [0, 0.1) is 11.3 Å². The van der Waals surface area contributed by atoms with Crippen molar-refractivity contribution in [1.82, 2.24) is 19.5 Å². The zero-order chi connectivity index (χ0) is 19.6. The Kier molecular flexibility index (Phi) is 4.88. The van der Waals surface area contributed by atoms with E-state index < -0.39 is 0 Å². The fourth-order valence-corrected chi connectivity index (χ4v) is 4.45. The Morgan fingerprint density at radius 3 is 2.93 bits per heavy atom. The first-order valence-corrected chi connectivity index (χ1v) is 10.2. The molecule has 2 aliphatic rings. The van der Waals surface area contributed by atoms with Crippen molar-refractivity contribution in [3.63, 3.8) is 0 Å². The number of nitriles is 1. The molecule has 4 heterocycles. The maximum absolute atomic E-state index is 9.98. The van der Waals surface area contributed by atoms with Gasteiger partial charge in [-0.1, -0.05) is 30.3 Å². The highest BCUT2D eigenvalue weighted by Gasteiger charge is 2.27. The summed E-state index contributed by atoms with van der Waals surface area (Å²) in [6.07, 6.45) is 4.89. The van der Waals surface area contributed by atoms with Crippen LogP contribution in [-0.2, 0) is 24.2 Å². The molecule has 7 nitrogen and oxygen atoms in total. The summed E-state index contributed by atoms with van der Waals surface area (Å²) in [6, 6.07) is 12.9. The lowest BCUT2D eigenvalue weighted by atomic mass is 9.95. The Morgan fingerprint density at radius 2 is 2.14 bits per heavy atom. The summed E-state index contributed by atoms with van der Waals surface area (Å²) in [6.45, 7) is 4.10. The third-order valence-electron chi connectivity index (χ3n) is 5.90. The molecule has 2 aromatic heterocycles. The summed E-state index contributed by atoms with van der Waals surface area (Å²) in [7, 11) is 0. The number of hydrogen-bond donors (Lipinski definition) is 1. The van der Waals surface area contributed by atoms with Gasteiger partial charge in [0.25, 0.3) is 0 Å². The third-order valence-corrected chi connectivity index (χ3v) is 5.90. The van der Waals surface area contributed by atoms with Crippen molar-refractivity contribution in [3.8, 4) is 6.07 Å². The van der Waals surface area contributed by atoms with Crippen LogP contribution in [0.25, 0.3) is 5.65 Å². The Hall–Kier alpha value is -2.95. The van der Waals surface area contributed by atoms with Gasteiger partial charge in [-0.05, 0) is 30.4 Å². The highest BCUT2D eigenvalue weighted by molar-refractivity contribution is 5.68. The number of nitrogens with one attached hydrogen (secondary N) is 1. The fourth-order valence-electron chi connectivity index (χ4n) is 4.45. The molecule has 0 saturated carbocycles. The highest BCUT2D eigenvalue weighted by atomic mass is 16.5. The Bertz CT molecular complexity index is 1050. The maximum atomic E-state index is 9.98. The molecule has 1 fully saturated rings. The molecular formula is C22H24N6O. The van der Waals surface area contributed by atoms with Crippen LogP contribution in [0.15, 0.2) is 36.7 Å². The molecular weight excluding hydrogens is 364 g/mol. The summed E-state index contributed by atoms with van der Waals surface area (Å²) < 4.78 is 7.66. The minimum atomic E-state index is 0.200. The SMILES string of the molecule is N#Cc1c2c(c3nncn3c1NC[C@H]1CCCO1)CN(Cc1ccccc1)CC2. The van der Waals surface area contributed by atoms with E-state index in [4.69, 9.17) is 4.74 Å². The predicted octanol–water partition coefficient (Wildman–Crippen LogP) is 2.75. The van der Waals surface area contributed by atoms with Crippen LogP contribution < -0.4 is 5.32 Å². The summed E-state index contributed by atoms with van der Waals surface area (Å²) in [5.74, 6) is 0.790. The topological polar surface area (TPSA) is 78.5 Å². The van der Waals surface area contributed by atoms with E-state index in [-0.39, 0.29) is 6.10 Å². The lowest BCUT2D eigenvalue weighted by molar-refractivity contribution is 0.120. The number of fused-ring (bicyclic) bond motifs is 3. The fraction of sp³-hybridized carbons (Fsp3) is 0.409. The van der Waals surface area contributed by atoms with Crippen LogP contribution in [-0.4, -0.2) is 45.3 Å². The zero-order valence-electron chi connectivity index (χ0n) is 16.3. The van der Waals surface area contributed by atoms with Crippen LogP contribution in [0.3, 0.4) is 0 Å². The van der Waals surface area contributed by atoms with Crippen molar-refractivity contribution < 1.29 is 4.74 Å². The summed E-state index contributed by atoms with van der Waals surface area (Å²) in [4.78, 5) is 2.41. The highest BCUT2D eigenvalue weighted by Crippen LogP contribution is 2.31. The molecule has 1 atom stereocenters. The average molecular weight is 388 g/mol. The van der Waals surface area contributed by atoms with Gasteiger partial charge in [-0.2, -0.15) is 5.26 Å². The minimum Gasteiger partial charge on any atom is -0.376 e. The van der Waals surface area contributed by atoms with Gasteiger partial charge in [-0.25, -0.2) is 0 Å². The van der Waals surface area contributed by atoms with Gasteiger partial charge in [0.2, 0.25) is 0 Å². The second kappa shape index (κ2) is 7.82. The molecule has 2 aliphatic heterocycles. The Labute approximate surface area is 169 Å². The van der Waals surface area contributed by atoms with Gasteiger partial charge in [-0.3, -0.25) is 9.30 Å². The first kappa shape index (κ1) is 18.1. The van der Waals surface area contributed by atoms with Crippen molar-refractivity contribution in [1.29, 1.82) is 5.26 Å². The van der Waals surface area contributed by atoms with Crippen LogP contribution in [0.1, 0.15) is 35.1 Å². The molecule has 7 heteroatoms. The van der Waals surface area contributed by atoms with E-state index in [1.807, 2.05) is 10.5 Å². The van der Waals surface area contributed by atoms with Gasteiger partial charge in [0.1, 0.15) is 18.2 Å². The molecule has 1 N–H and O–H groups in total.